The lowest BCUT2D eigenvalue weighted by molar-refractivity contribution is -0.115. The molecule has 0 aliphatic heterocycles. The summed E-state index contributed by atoms with van der Waals surface area (Å²) in [6, 6.07) is 16.0. The van der Waals surface area contributed by atoms with Crippen molar-refractivity contribution >= 4 is 23.4 Å². The number of carbonyl (C=O) groups excluding carboxylic acids is 1. The van der Waals surface area contributed by atoms with Crippen molar-refractivity contribution in [3.8, 4) is 11.3 Å². The number of H-pyrrole nitrogens is 1. The van der Waals surface area contributed by atoms with Gasteiger partial charge in [0, 0.05) is 5.69 Å². The van der Waals surface area contributed by atoms with E-state index in [1.807, 2.05) is 69.3 Å². The van der Waals surface area contributed by atoms with Gasteiger partial charge in [0.2, 0.25) is 5.91 Å². The minimum atomic E-state index is -0.256. The summed E-state index contributed by atoms with van der Waals surface area (Å²) in [4.78, 5) is 20.2. The van der Waals surface area contributed by atoms with Gasteiger partial charge in [0.1, 0.15) is 0 Å². The number of nitrogens with one attached hydrogen (secondary N) is 2. The summed E-state index contributed by atoms with van der Waals surface area (Å²) in [5.41, 5.74) is 5.05. The molecule has 1 aromatic heterocycles. The number of aryl methyl sites for hydroxylation is 2. The molecular weight excluding hydrogens is 330 g/mol. The van der Waals surface area contributed by atoms with Crippen molar-refractivity contribution in [2.75, 3.05) is 5.32 Å². The van der Waals surface area contributed by atoms with Crippen LogP contribution in [0.2, 0.25) is 0 Å². The molecule has 2 N–H and O–H groups in total. The fourth-order valence-corrected chi connectivity index (χ4v) is 3.37. The van der Waals surface area contributed by atoms with Crippen LogP contribution in [0.4, 0.5) is 5.69 Å². The smallest absolute Gasteiger partial charge is 0.237 e. The largest absolute Gasteiger partial charge is 0.333 e. The third-order valence-corrected chi connectivity index (χ3v) is 5.02. The van der Waals surface area contributed by atoms with Gasteiger partial charge < -0.3 is 10.3 Å². The minimum absolute atomic E-state index is 0.0277. The van der Waals surface area contributed by atoms with E-state index >= 15 is 0 Å². The van der Waals surface area contributed by atoms with Crippen molar-refractivity contribution < 1.29 is 4.79 Å². The van der Waals surface area contributed by atoms with E-state index in [1.54, 1.807) is 6.20 Å². The number of rotatable bonds is 5. The molecule has 0 saturated heterocycles. The van der Waals surface area contributed by atoms with Crippen LogP contribution in [0.1, 0.15) is 18.1 Å². The molecule has 0 spiro atoms. The summed E-state index contributed by atoms with van der Waals surface area (Å²) in [5.74, 6) is -0.0277. The van der Waals surface area contributed by atoms with Crippen LogP contribution in [0.25, 0.3) is 11.3 Å². The first-order valence-electron chi connectivity index (χ1n) is 8.19. The second-order valence-electron chi connectivity index (χ2n) is 5.98. The zero-order valence-electron chi connectivity index (χ0n) is 14.5. The van der Waals surface area contributed by atoms with Crippen molar-refractivity contribution in [3.63, 3.8) is 0 Å². The van der Waals surface area contributed by atoms with E-state index in [4.69, 9.17) is 0 Å². The summed E-state index contributed by atoms with van der Waals surface area (Å²) in [5, 5.41) is 3.52. The van der Waals surface area contributed by atoms with Gasteiger partial charge >= 0.3 is 0 Å². The molecule has 2 aromatic carbocycles. The van der Waals surface area contributed by atoms with Gasteiger partial charge in [0.25, 0.3) is 0 Å². The number of hydrogen-bond donors (Lipinski definition) is 2. The molecule has 3 rings (SSSR count). The van der Waals surface area contributed by atoms with E-state index in [9.17, 15) is 4.79 Å². The number of thioether (sulfide) groups is 1. The third kappa shape index (κ3) is 4.12. The maximum absolute atomic E-state index is 12.5. The van der Waals surface area contributed by atoms with Crippen LogP contribution in [0, 0.1) is 13.8 Å². The number of aromatic amines is 1. The number of nitrogens with zero attached hydrogens (tertiary/aromatic N) is 1. The number of hydrogen-bond acceptors (Lipinski definition) is 3. The van der Waals surface area contributed by atoms with E-state index in [1.165, 1.54) is 11.8 Å². The second kappa shape index (κ2) is 7.57. The molecule has 0 saturated carbocycles. The Morgan fingerprint density at radius 2 is 1.76 bits per heavy atom. The highest BCUT2D eigenvalue weighted by molar-refractivity contribution is 8.00. The first-order chi connectivity index (χ1) is 12.0. The SMILES string of the molecule is Cc1cccc(C)c1NC(=O)C(C)Sc1ncc(-c2ccccc2)[nH]1. The number of carbonyl (C=O) groups is 1. The highest BCUT2D eigenvalue weighted by Crippen LogP contribution is 2.26. The zero-order valence-corrected chi connectivity index (χ0v) is 15.4. The van der Waals surface area contributed by atoms with Gasteiger partial charge in [-0.1, -0.05) is 60.3 Å². The lowest BCUT2D eigenvalue weighted by Crippen LogP contribution is -2.23. The normalized spacial score (nSPS) is 12.0. The fourth-order valence-electron chi connectivity index (χ4n) is 2.58. The minimum Gasteiger partial charge on any atom is -0.333 e. The molecule has 128 valence electrons. The first kappa shape index (κ1) is 17.3. The van der Waals surface area contributed by atoms with E-state index in [0.29, 0.717) is 0 Å². The molecule has 5 heteroatoms. The van der Waals surface area contributed by atoms with Gasteiger partial charge in [-0.05, 0) is 37.5 Å². The van der Waals surface area contributed by atoms with Crippen molar-refractivity contribution in [2.24, 2.45) is 0 Å². The van der Waals surface area contributed by atoms with Gasteiger partial charge in [-0.25, -0.2) is 4.98 Å². The van der Waals surface area contributed by atoms with Crippen LogP contribution in [-0.2, 0) is 4.79 Å². The Hall–Kier alpha value is -2.53. The highest BCUT2D eigenvalue weighted by atomic mass is 32.2. The number of imidazole rings is 1. The van der Waals surface area contributed by atoms with Crippen LogP contribution in [0.15, 0.2) is 59.9 Å². The number of amides is 1. The zero-order chi connectivity index (χ0) is 17.8. The van der Waals surface area contributed by atoms with Crippen molar-refractivity contribution in [1.29, 1.82) is 0 Å². The molecule has 1 heterocycles. The average molecular weight is 351 g/mol. The Balaban J connectivity index is 1.67. The summed E-state index contributed by atoms with van der Waals surface area (Å²) in [6.45, 7) is 5.89. The van der Waals surface area contributed by atoms with Crippen LogP contribution < -0.4 is 5.32 Å². The molecule has 0 radical (unpaired) electrons. The molecular formula is C20H21N3OS. The standard InChI is InChI=1S/C20H21N3OS/c1-13-8-7-9-14(2)18(13)23-19(24)15(3)25-20-21-12-17(22-20)16-10-5-4-6-11-16/h4-12,15H,1-3H3,(H,21,22)(H,23,24). The maximum Gasteiger partial charge on any atom is 0.237 e. The fraction of sp³-hybridized carbons (Fsp3) is 0.200. The van der Waals surface area contributed by atoms with Crippen LogP contribution in [-0.4, -0.2) is 21.1 Å². The first-order valence-corrected chi connectivity index (χ1v) is 9.06. The van der Waals surface area contributed by atoms with Crippen molar-refractivity contribution in [3.05, 3.63) is 65.9 Å². The Bertz CT molecular complexity index is 853. The predicted molar refractivity (Wildman–Crippen MR) is 104 cm³/mol. The van der Waals surface area contributed by atoms with Crippen molar-refractivity contribution in [1.82, 2.24) is 9.97 Å². The van der Waals surface area contributed by atoms with Gasteiger partial charge in [-0.15, -0.1) is 0 Å². The molecule has 0 bridgehead atoms. The second-order valence-corrected chi connectivity index (χ2v) is 7.31. The number of benzene rings is 2. The average Bonchev–Trinajstić information content (AvgIpc) is 3.07. The molecule has 4 nitrogen and oxygen atoms in total. The van der Waals surface area contributed by atoms with E-state index in [0.717, 1.165) is 33.2 Å². The molecule has 25 heavy (non-hydrogen) atoms. The quantitative estimate of drug-likeness (QED) is 0.648. The summed E-state index contributed by atoms with van der Waals surface area (Å²) in [7, 11) is 0. The van der Waals surface area contributed by atoms with Gasteiger partial charge in [-0.3, -0.25) is 4.79 Å². The monoisotopic (exact) mass is 351 g/mol. The lowest BCUT2D eigenvalue weighted by atomic mass is 10.1. The Kier molecular flexibility index (Phi) is 5.24. The predicted octanol–water partition coefficient (Wildman–Crippen LogP) is 4.81. The summed E-state index contributed by atoms with van der Waals surface area (Å²) < 4.78 is 0. The Labute approximate surface area is 152 Å². The summed E-state index contributed by atoms with van der Waals surface area (Å²) >= 11 is 1.42. The van der Waals surface area contributed by atoms with E-state index < -0.39 is 0 Å². The van der Waals surface area contributed by atoms with Crippen molar-refractivity contribution in [2.45, 2.75) is 31.2 Å². The number of aromatic nitrogens is 2. The highest BCUT2D eigenvalue weighted by Gasteiger charge is 2.18. The maximum atomic E-state index is 12.5. The number of para-hydroxylation sites is 1. The van der Waals surface area contributed by atoms with Crippen LogP contribution in [0.3, 0.4) is 0 Å². The van der Waals surface area contributed by atoms with Crippen LogP contribution in [0.5, 0.6) is 0 Å². The van der Waals surface area contributed by atoms with Gasteiger partial charge in [-0.2, -0.15) is 0 Å². The Morgan fingerprint density at radius 1 is 1.08 bits per heavy atom. The molecule has 0 fully saturated rings. The summed E-state index contributed by atoms with van der Waals surface area (Å²) in [6.07, 6.45) is 1.80. The molecule has 0 aliphatic rings. The topological polar surface area (TPSA) is 57.8 Å². The molecule has 1 amide bonds. The molecule has 3 aromatic rings. The van der Waals surface area contributed by atoms with E-state index in [2.05, 4.69) is 15.3 Å². The number of anilines is 1. The van der Waals surface area contributed by atoms with E-state index in [-0.39, 0.29) is 11.2 Å². The van der Waals surface area contributed by atoms with Crippen LogP contribution >= 0.6 is 11.8 Å². The molecule has 1 unspecified atom stereocenters. The molecule has 1 atom stereocenters. The third-order valence-electron chi connectivity index (χ3n) is 4.02. The Morgan fingerprint density at radius 3 is 2.44 bits per heavy atom. The van der Waals surface area contributed by atoms with Gasteiger partial charge in [0.15, 0.2) is 5.16 Å². The lowest BCUT2D eigenvalue weighted by Gasteiger charge is -2.14. The van der Waals surface area contributed by atoms with Gasteiger partial charge in [0.05, 0.1) is 17.1 Å². The molecule has 0 aliphatic carbocycles.